The van der Waals surface area contributed by atoms with Crippen LogP contribution in [0.3, 0.4) is 0 Å². The zero-order valence-corrected chi connectivity index (χ0v) is 15.0. The molecule has 0 unspecified atom stereocenters. The van der Waals surface area contributed by atoms with Crippen LogP contribution in [0.25, 0.3) is 11.0 Å². The molecular formula is C16H15ClN6OS. The number of likely N-dealkylation sites (tertiary alicyclic amines) is 1. The second-order valence-corrected chi connectivity index (χ2v) is 7.34. The van der Waals surface area contributed by atoms with Gasteiger partial charge in [0, 0.05) is 29.9 Å². The van der Waals surface area contributed by atoms with E-state index in [0.717, 1.165) is 15.3 Å². The van der Waals surface area contributed by atoms with Crippen molar-refractivity contribution in [2.24, 2.45) is 0 Å². The summed E-state index contributed by atoms with van der Waals surface area (Å²) in [5.74, 6) is 0.457. The Balaban J connectivity index is 1.73. The average Bonchev–Trinajstić information content (AvgIpc) is 2.85. The van der Waals surface area contributed by atoms with Crippen molar-refractivity contribution in [3.8, 4) is 0 Å². The summed E-state index contributed by atoms with van der Waals surface area (Å²) in [4.78, 5) is 22.6. The number of anilines is 1. The third-order valence-corrected chi connectivity index (χ3v) is 5.35. The molecular weight excluding hydrogens is 360 g/mol. The first-order chi connectivity index (χ1) is 12.0. The molecule has 9 heteroatoms. The number of halogens is 1. The molecule has 25 heavy (non-hydrogen) atoms. The van der Waals surface area contributed by atoms with Gasteiger partial charge in [-0.05, 0) is 18.2 Å². The van der Waals surface area contributed by atoms with Crippen LogP contribution in [-0.2, 0) is 4.79 Å². The van der Waals surface area contributed by atoms with E-state index < -0.39 is 0 Å². The number of aromatic nitrogens is 4. The minimum Gasteiger partial charge on any atom is -0.383 e. The van der Waals surface area contributed by atoms with Gasteiger partial charge < -0.3 is 10.6 Å². The predicted octanol–water partition coefficient (Wildman–Crippen LogP) is 2.62. The van der Waals surface area contributed by atoms with Crippen molar-refractivity contribution in [1.82, 2.24) is 24.6 Å². The Labute approximate surface area is 153 Å². The van der Waals surface area contributed by atoms with E-state index in [2.05, 4.69) is 9.97 Å². The zero-order chi connectivity index (χ0) is 17.6. The van der Waals surface area contributed by atoms with Gasteiger partial charge in [0.15, 0.2) is 5.65 Å². The van der Waals surface area contributed by atoms with Gasteiger partial charge in [-0.15, -0.1) is 0 Å². The molecule has 2 N–H and O–H groups in total. The van der Waals surface area contributed by atoms with Crippen molar-refractivity contribution in [3.63, 3.8) is 0 Å². The Bertz CT molecular complexity index is 968. The molecule has 1 aromatic carbocycles. The van der Waals surface area contributed by atoms with Crippen molar-refractivity contribution in [1.29, 1.82) is 0 Å². The summed E-state index contributed by atoms with van der Waals surface area (Å²) in [6, 6.07) is 7.64. The van der Waals surface area contributed by atoms with Crippen LogP contribution in [0.15, 0.2) is 40.5 Å². The first kappa shape index (κ1) is 16.2. The van der Waals surface area contributed by atoms with E-state index in [1.54, 1.807) is 11.8 Å². The van der Waals surface area contributed by atoms with Crippen LogP contribution in [0.2, 0.25) is 5.02 Å². The second kappa shape index (κ2) is 6.20. The third-order valence-electron chi connectivity index (χ3n) is 4.15. The van der Waals surface area contributed by atoms with Gasteiger partial charge in [0.25, 0.3) is 0 Å². The Morgan fingerprint density at radius 3 is 2.88 bits per heavy atom. The van der Waals surface area contributed by atoms with Crippen LogP contribution in [0.5, 0.6) is 0 Å². The van der Waals surface area contributed by atoms with Crippen molar-refractivity contribution >= 4 is 46.1 Å². The summed E-state index contributed by atoms with van der Waals surface area (Å²) >= 11 is 7.54. The van der Waals surface area contributed by atoms with E-state index in [9.17, 15) is 4.79 Å². The lowest BCUT2D eigenvalue weighted by Crippen LogP contribution is -2.50. The quantitative estimate of drug-likeness (QED) is 0.757. The monoisotopic (exact) mass is 374 g/mol. The molecule has 3 heterocycles. The maximum Gasteiger partial charge on any atom is 0.219 e. The normalized spacial score (nSPS) is 14.7. The Kier molecular flexibility index (Phi) is 4.01. The topological polar surface area (TPSA) is 89.9 Å². The molecule has 1 saturated heterocycles. The molecule has 1 aliphatic rings. The van der Waals surface area contributed by atoms with E-state index >= 15 is 0 Å². The van der Waals surface area contributed by atoms with Crippen LogP contribution in [0.4, 0.5) is 5.82 Å². The molecule has 3 aromatic rings. The number of rotatable bonds is 3. The van der Waals surface area contributed by atoms with Gasteiger partial charge in [0.05, 0.1) is 11.4 Å². The van der Waals surface area contributed by atoms with Gasteiger partial charge in [0.1, 0.15) is 17.2 Å². The molecule has 0 radical (unpaired) electrons. The lowest BCUT2D eigenvalue weighted by molar-refractivity contribution is -0.134. The van der Waals surface area contributed by atoms with Crippen molar-refractivity contribution in [2.75, 3.05) is 18.8 Å². The number of carbonyl (C=O) groups excluding carboxylic acids is 1. The van der Waals surface area contributed by atoms with Crippen molar-refractivity contribution in [2.45, 2.75) is 22.9 Å². The van der Waals surface area contributed by atoms with E-state index in [1.165, 1.54) is 18.1 Å². The fraction of sp³-hybridized carbons (Fsp3) is 0.250. The van der Waals surface area contributed by atoms with Gasteiger partial charge in [-0.1, -0.05) is 29.4 Å². The number of hydrogen-bond donors (Lipinski definition) is 1. The minimum absolute atomic E-state index is 0.0652. The molecule has 0 aliphatic carbocycles. The standard InChI is InChI=1S/C16H15ClN6OS/c1-9(24)22-6-11(7-22)23-15-13(14(18)19-8-20-15)16(21-23)25-12-4-2-3-10(17)5-12/h2-5,8,11H,6-7H2,1H3,(H2,18,19,20). The van der Waals surface area contributed by atoms with Gasteiger partial charge in [-0.3, -0.25) is 4.79 Å². The number of carbonyl (C=O) groups is 1. The van der Waals surface area contributed by atoms with Crippen LogP contribution in [0.1, 0.15) is 13.0 Å². The number of hydrogen-bond acceptors (Lipinski definition) is 6. The fourth-order valence-electron chi connectivity index (χ4n) is 2.80. The third kappa shape index (κ3) is 2.91. The van der Waals surface area contributed by atoms with Gasteiger partial charge in [-0.2, -0.15) is 5.10 Å². The highest BCUT2D eigenvalue weighted by Crippen LogP contribution is 2.37. The number of amides is 1. The number of nitrogens with two attached hydrogens (primary N) is 1. The molecule has 128 valence electrons. The lowest BCUT2D eigenvalue weighted by atomic mass is 10.1. The number of nitrogens with zero attached hydrogens (tertiary/aromatic N) is 5. The minimum atomic E-state index is 0.0652. The molecule has 0 saturated carbocycles. The SMILES string of the molecule is CC(=O)N1CC(n2nc(Sc3cccc(Cl)c3)c3c(N)ncnc32)C1. The Hall–Kier alpha value is -2.32. The highest BCUT2D eigenvalue weighted by Gasteiger charge is 2.33. The van der Waals surface area contributed by atoms with Crippen LogP contribution >= 0.6 is 23.4 Å². The van der Waals surface area contributed by atoms with E-state index in [0.29, 0.717) is 29.6 Å². The average molecular weight is 375 g/mol. The lowest BCUT2D eigenvalue weighted by Gasteiger charge is -2.38. The van der Waals surface area contributed by atoms with Crippen LogP contribution < -0.4 is 5.73 Å². The Morgan fingerprint density at radius 2 is 2.16 bits per heavy atom. The largest absolute Gasteiger partial charge is 0.383 e. The van der Waals surface area contributed by atoms with E-state index in [4.69, 9.17) is 22.4 Å². The molecule has 7 nitrogen and oxygen atoms in total. The number of nitrogen functional groups attached to an aromatic ring is 1. The molecule has 4 rings (SSSR count). The maximum absolute atomic E-state index is 11.4. The fourth-order valence-corrected chi connectivity index (χ4v) is 4.04. The maximum atomic E-state index is 11.4. The predicted molar refractivity (Wildman–Crippen MR) is 96.6 cm³/mol. The summed E-state index contributed by atoms with van der Waals surface area (Å²) in [7, 11) is 0. The number of benzene rings is 1. The highest BCUT2D eigenvalue weighted by molar-refractivity contribution is 7.99. The van der Waals surface area contributed by atoms with Gasteiger partial charge in [-0.25, -0.2) is 14.6 Å². The first-order valence-electron chi connectivity index (χ1n) is 7.70. The Morgan fingerprint density at radius 1 is 1.36 bits per heavy atom. The molecule has 1 aliphatic heterocycles. The van der Waals surface area contributed by atoms with Crippen molar-refractivity contribution in [3.05, 3.63) is 35.6 Å². The molecule has 2 aromatic heterocycles. The number of fused-ring (bicyclic) bond motifs is 1. The summed E-state index contributed by atoms with van der Waals surface area (Å²) in [6.07, 6.45) is 1.44. The second-order valence-electron chi connectivity index (χ2n) is 5.84. The first-order valence-corrected chi connectivity index (χ1v) is 8.90. The summed E-state index contributed by atoms with van der Waals surface area (Å²) in [6.45, 7) is 2.81. The van der Waals surface area contributed by atoms with Crippen LogP contribution in [-0.4, -0.2) is 43.6 Å². The van der Waals surface area contributed by atoms with Crippen molar-refractivity contribution < 1.29 is 4.79 Å². The molecule has 0 spiro atoms. The van der Waals surface area contributed by atoms with Gasteiger partial charge >= 0.3 is 0 Å². The summed E-state index contributed by atoms with van der Waals surface area (Å²) < 4.78 is 1.85. The van der Waals surface area contributed by atoms with E-state index in [-0.39, 0.29) is 11.9 Å². The summed E-state index contributed by atoms with van der Waals surface area (Å²) in [5.41, 5.74) is 6.77. The molecule has 1 fully saturated rings. The van der Waals surface area contributed by atoms with Crippen LogP contribution in [0, 0.1) is 0 Å². The summed E-state index contributed by atoms with van der Waals surface area (Å²) in [5, 5.41) is 6.83. The zero-order valence-electron chi connectivity index (χ0n) is 13.4. The molecule has 1 amide bonds. The smallest absolute Gasteiger partial charge is 0.219 e. The molecule has 0 bridgehead atoms. The highest BCUT2D eigenvalue weighted by atomic mass is 35.5. The van der Waals surface area contributed by atoms with Gasteiger partial charge in [0.2, 0.25) is 5.91 Å². The molecule has 0 atom stereocenters. The van der Waals surface area contributed by atoms with E-state index in [1.807, 2.05) is 28.9 Å².